The minimum Gasteiger partial charge on any atom is -0.386 e. The Morgan fingerprint density at radius 3 is 2.45 bits per heavy atom. The number of alkyl halides is 3. The fourth-order valence-electron chi connectivity index (χ4n) is 3.14. The lowest BCUT2D eigenvalue weighted by atomic mass is 10.1. The summed E-state index contributed by atoms with van der Waals surface area (Å²) in [6.45, 7) is -0.205. The van der Waals surface area contributed by atoms with Crippen molar-refractivity contribution < 1.29 is 35.6 Å². The number of hydrogen-bond donors (Lipinski definition) is 1. The van der Waals surface area contributed by atoms with E-state index in [2.05, 4.69) is 10.5 Å². The van der Waals surface area contributed by atoms with Crippen molar-refractivity contribution in [2.75, 3.05) is 19.7 Å². The third-order valence-electron chi connectivity index (χ3n) is 4.87. The molecule has 0 spiro atoms. The predicted molar refractivity (Wildman–Crippen MR) is 111 cm³/mol. The Balaban J connectivity index is 1.48. The Labute approximate surface area is 188 Å². The molecule has 0 unspecified atom stereocenters. The first-order valence-corrected chi connectivity index (χ1v) is 11.4. The summed E-state index contributed by atoms with van der Waals surface area (Å²) in [5.41, 5.74) is 0.0827. The van der Waals surface area contributed by atoms with Crippen molar-refractivity contribution in [2.24, 2.45) is 5.16 Å². The first-order valence-electron chi connectivity index (χ1n) is 9.92. The number of piperidine rings is 1. The molecule has 3 rings (SSSR count). The van der Waals surface area contributed by atoms with E-state index in [1.165, 1.54) is 18.2 Å². The van der Waals surface area contributed by atoms with Gasteiger partial charge in [-0.05, 0) is 35.9 Å². The Morgan fingerprint density at radius 1 is 1.09 bits per heavy atom. The van der Waals surface area contributed by atoms with Crippen LogP contribution in [-0.4, -0.2) is 44.0 Å². The van der Waals surface area contributed by atoms with Crippen molar-refractivity contribution in [3.05, 3.63) is 65.5 Å². The number of benzene rings is 2. The number of amides is 1. The fourth-order valence-corrected chi connectivity index (χ4v) is 4.63. The molecule has 178 valence electrons. The summed E-state index contributed by atoms with van der Waals surface area (Å²) in [6, 6.07) is 9.38. The van der Waals surface area contributed by atoms with E-state index in [-0.39, 0.29) is 39.1 Å². The molecule has 0 atom stereocenters. The van der Waals surface area contributed by atoms with E-state index in [4.69, 9.17) is 4.84 Å². The lowest BCUT2D eigenvalue weighted by molar-refractivity contribution is -0.137. The third kappa shape index (κ3) is 6.75. The summed E-state index contributed by atoms with van der Waals surface area (Å²) in [5, 5.41) is 6.41. The van der Waals surface area contributed by atoms with Crippen LogP contribution in [0.5, 0.6) is 0 Å². The number of hydrogen-bond acceptors (Lipinski definition) is 5. The molecule has 0 aliphatic carbocycles. The van der Waals surface area contributed by atoms with Gasteiger partial charge in [-0.2, -0.15) is 17.5 Å². The standard InChI is InChI=1S/C21H21F4N3O4S/c22-17-5-1-3-15(11-17)13-26-20(29)14-32-27-18-7-9-28(10-8-18)33(30,31)19-6-2-4-16(12-19)21(23,24)25/h1-6,11-12H,7-10,13-14H2,(H,26,29). The van der Waals surface area contributed by atoms with E-state index in [9.17, 15) is 30.8 Å². The lowest BCUT2D eigenvalue weighted by Gasteiger charge is -2.26. The molecule has 12 heteroatoms. The zero-order valence-electron chi connectivity index (χ0n) is 17.3. The van der Waals surface area contributed by atoms with Crippen molar-refractivity contribution in [3.63, 3.8) is 0 Å². The monoisotopic (exact) mass is 487 g/mol. The van der Waals surface area contributed by atoms with Gasteiger partial charge in [-0.25, -0.2) is 12.8 Å². The van der Waals surface area contributed by atoms with Crippen LogP contribution in [0, 0.1) is 5.82 Å². The molecule has 2 aromatic carbocycles. The number of oxime groups is 1. The van der Waals surface area contributed by atoms with Gasteiger partial charge in [-0.1, -0.05) is 23.4 Å². The fraction of sp³-hybridized carbons (Fsp3) is 0.333. The second kappa shape index (κ2) is 10.3. The van der Waals surface area contributed by atoms with E-state index in [0.717, 1.165) is 22.5 Å². The van der Waals surface area contributed by atoms with Gasteiger partial charge in [0.2, 0.25) is 10.0 Å². The van der Waals surface area contributed by atoms with Crippen LogP contribution in [0.1, 0.15) is 24.0 Å². The van der Waals surface area contributed by atoms with E-state index < -0.39 is 38.4 Å². The molecule has 1 fully saturated rings. The Kier molecular flexibility index (Phi) is 7.69. The van der Waals surface area contributed by atoms with Crippen LogP contribution in [0.3, 0.4) is 0 Å². The summed E-state index contributed by atoms with van der Waals surface area (Å²) < 4.78 is 78.3. The number of rotatable bonds is 7. The molecule has 1 amide bonds. The van der Waals surface area contributed by atoms with Crippen LogP contribution in [0.2, 0.25) is 0 Å². The maximum atomic E-state index is 13.1. The smallest absolute Gasteiger partial charge is 0.386 e. The molecule has 0 saturated carbocycles. The highest BCUT2D eigenvalue weighted by atomic mass is 32.2. The molecule has 1 aliphatic heterocycles. The Bertz CT molecular complexity index is 1130. The van der Waals surface area contributed by atoms with Crippen molar-refractivity contribution in [1.29, 1.82) is 0 Å². The number of sulfonamides is 1. The summed E-state index contributed by atoms with van der Waals surface area (Å²) in [4.78, 5) is 16.4. The van der Waals surface area contributed by atoms with Gasteiger partial charge in [-0.15, -0.1) is 0 Å². The van der Waals surface area contributed by atoms with Crippen LogP contribution in [-0.2, 0) is 32.4 Å². The van der Waals surface area contributed by atoms with Crippen LogP contribution in [0.15, 0.2) is 58.6 Å². The Hall–Kier alpha value is -2.99. The molecule has 1 heterocycles. The van der Waals surface area contributed by atoms with Crippen LogP contribution < -0.4 is 5.32 Å². The van der Waals surface area contributed by atoms with Gasteiger partial charge in [0.05, 0.1) is 16.2 Å². The highest BCUT2D eigenvalue weighted by Crippen LogP contribution is 2.31. The second-order valence-electron chi connectivity index (χ2n) is 7.27. The van der Waals surface area contributed by atoms with Gasteiger partial charge >= 0.3 is 6.18 Å². The molecule has 33 heavy (non-hydrogen) atoms. The summed E-state index contributed by atoms with van der Waals surface area (Å²) in [5.74, 6) is -0.876. The van der Waals surface area contributed by atoms with Gasteiger partial charge in [0.15, 0.2) is 6.61 Å². The first-order chi connectivity index (χ1) is 15.6. The molecular weight excluding hydrogens is 466 g/mol. The van der Waals surface area contributed by atoms with Crippen molar-refractivity contribution in [3.8, 4) is 0 Å². The quantitative estimate of drug-likeness (QED) is 0.480. The molecule has 1 aliphatic rings. The first kappa shape index (κ1) is 24.6. The molecule has 7 nitrogen and oxygen atoms in total. The molecule has 1 N–H and O–H groups in total. The van der Waals surface area contributed by atoms with Gasteiger partial charge < -0.3 is 10.2 Å². The van der Waals surface area contributed by atoms with Crippen molar-refractivity contribution in [2.45, 2.75) is 30.5 Å². The Morgan fingerprint density at radius 2 is 1.79 bits per heavy atom. The van der Waals surface area contributed by atoms with Gasteiger partial charge in [0.1, 0.15) is 5.82 Å². The van der Waals surface area contributed by atoms with Gasteiger partial charge in [0, 0.05) is 32.5 Å². The third-order valence-corrected chi connectivity index (χ3v) is 6.76. The number of carbonyl (C=O) groups is 1. The van der Waals surface area contributed by atoms with E-state index in [0.29, 0.717) is 17.3 Å². The van der Waals surface area contributed by atoms with E-state index in [1.54, 1.807) is 6.07 Å². The lowest BCUT2D eigenvalue weighted by Crippen LogP contribution is -2.38. The molecular formula is C21H21F4N3O4S. The summed E-state index contributed by atoms with van der Waals surface area (Å²) >= 11 is 0. The summed E-state index contributed by atoms with van der Waals surface area (Å²) in [6.07, 6.45) is -4.22. The van der Waals surface area contributed by atoms with Gasteiger partial charge in [0.25, 0.3) is 5.91 Å². The molecule has 0 aromatic heterocycles. The minimum atomic E-state index is -4.64. The average molecular weight is 487 g/mol. The summed E-state index contributed by atoms with van der Waals surface area (Å²) in [7, 11) is -4.09. The number of nitrogens with one attached hydrogen (secondary N) is 1. The highest BCUT2D eigenvalue weighted by Gasteiger charge is 2.33. The molecule has 2 aromatic rings. The van der Waals surface area contributed by atoms with E-state index >= 15 is 0 Å². The minimum absolute atomic E-state index is 0.0204. The topological polar surface area (TPSA) is 88.1 Å². The number of halogens is 4. The number of nitrogens with zero attached hydrogens (tertiary/aromatic N) is 2. The maximum absolute atomic E-state index is 13.1. The largest absolute Gasteiger partial charge is 0.416 e. The maximum Gasteiger partial charge on any atom is 0.416 e. The molecule has 0 bridgehead atoms. The van der Waals surface area contributed by atoms with Gasteiger partial charge in [-0.3, -0.25) is 4.79 Å². The van der Waals surface area contributed by atoms with Crippen LogP contribution >= 0.6 is 0 Å². The zero-order chi connectivity index (χ0) is 24.1. The molecule has 0 radical (unpaired) electrons. The average Bonchev–Trinajstić information content (AvgIpc) is 2.78. The molecule has 1 saturated heterocycles. The van der Waals surface area contributed by atoms with Crippen molar-refractivity contribution in [1.82, 2.24) is 9.62 Å². The SMILES string of the molecule is O=C(CON=C1CCN(S(=O)(=O)c2cccc(C(F)(F)F)c2)CC1)NCc1cccc(F)c1. The highest BCUT2D eigenvalue weighted by molar-refractivity contribution is 7.89. The predicted octanol–water partition coefficient (Wildman–Crippen LogP) is 3.32. The van der Waals surface area contributed by atoms with Crippen molar-refractivity contribution >= 4 is 21.6 Å². The second-order valence-corrected chi connectivity index (χ2v) is 9.21. The normalized spacial score (nSPS) is 15.2. The van der Waals surface area contributed by atoms with E-state index in [1.807, 2.05) is 0 Å². The number of carbonyl (C=O) groups excluding carboxylic acids is 1. The zero-order valence-corrected chi connectivity index (χ0v) is 18.1. The van der Waals surface area contributed by atoms with Crippen LogP contribution in [0.4, 0.5) is 17.6 Å². The van der Waals surface area contributed by atoms with Crippen LogP contribution in [0.25, 0.3) is 0 Å².